The number of fused-ring (bicyclic) bond motifs is 1. The summed E-state index contributed by atoms with van der Waals surface area (Å²) in [5.41, 5.74) is -0.427. The molecule has 1 spiro atoms. The largest absolute Gasteiger partial charge is 0.491 e. The van der Waals surface area contributed by atoms with Gasteiger partial charge in [-0.05, 0) is 37.5 Å². The van der Waals surface area contributed by atoms with Crippen molar-refractivity contribution in [3.05, 3.63) is 23.8 Å². The molecule has 0 radical (unpaired) electrons. The Morgan fingerprint density at radius 2 is 1.93 bits per heavy atom. The van der Waals surface area contributed by atoms with Gasteiger partial charge < -0.3 is 19.5 Å². The number of likely N-dealkylation sites (tertiary alicyclic amines) is 1. The highest BCUT2D eigenvalue weighted by Crippen LogP contribution is 2.50. The lowest BCUT2D eigenvalue weighted by molar-refractivity contribution is -0.0696. The van der Waals surface area contributed by atoms with Gasteiger partial charge in [-0.2, -0.15) is 0 Å². The third kappa shape index (κ3) is 3.62. The van der Waals surface area contributed by atoms with Crippen LogP contribution in [-0.2, 0) is 0 Å². The molecule has 1 fully saturated rings. The molecule has 1 atom stereocenters. The number of hydrogen-bond donors (Lipinski definition) is 1. The Morgan fingerprint density at radius 3 is 2.44 bits per heavy atom. The lowest BCUT2D eigenvalue weighted by Crippen LogP contribution is -2.60. The summed E-state index contributed by atoms with van der Waals surface area (Å²) in [5, 5.41) is 9.27. The highest BCUT2D eigenvalue weighted by Gasteiger charge is 2.55. The van der Waals surface area contributed by atoms with Crippen LogP contribution in [0, 0.1) is 11.3 Å². The van der Waals surface area contributed by atoms with Crippen molar-refractivity contribution in [1.29, 1.82) is 0 Å². The standard InChI is InChI=1S/C21H29NO5/c1-13(2)26-14-6-7-16-15(12-14)17(23)18(20(3,4)5)21(27-16)8-10-22(11-9-21)19(24)25/h6-7,12-13,18H,8-11H2,1-5H3,(H,24,25). The van der Waals surface area contributed by atoms with Crippen molar-refractivity contribution in [2.45, 2.75) is 59.2 Å². The van der Waals surface area contributed by atoms with Gasteiger partial charge in [-0.25, -0.2) is 4.79 Å². The first-order valence-electron chi connectivity index (χ1n) is 9.55. The van der Waals surface area contributed by atoms with Crippen molar-refractivity contribution in [3.63, 3.8) is 0 Å². The summed E-state index contributed by atoms with van der Waals surface area (Å²) >= 11 is 0. The van der Waals surface area contributed by atoms with Crippen LogP contribution in [0.1, 0.15) is 57.8 Å². The van der Waals surface area contributed by atoms with Crippen molar-refractivity contribution in [2.75, 3.05) is 13.1 Å². The molecule has 148 valence electrons. The van der Waals surface area contributed by atoms with Crippen LogP contribution in [0.3, 0.4) is 0 Å². The topological polar surface area (TPSA) is 76.1 Å². The van der Waals surface area contributed by atoms with E-state index in [-0.39, 0.29) is 23.2 Å². The molecule has 1 aromatic rings. The molecular formula is C21H29NO5. The molecule has 0 saturated carbocycles. The second-order valence-corrected chi connectivity index (χ2v) is 8.92. The number of ketones is 1. The molecule has 1 aromatic carbocycles. The Hall–Kier alpha value is -2.24. The number of benzene rings is 1. The maximum atomic E-state index is 13.5. The molecule has 2 heterocycles. The number of rotatable bonds is 2. The normalized spacial score (nSPS) is 21.8. The number of nitrogens with zero attached hydrogens (tertiary/aromatic N) is 1. The van der Waals surface area contributed by atoms with Crippen molar-refractivity contribution >= 4 is 11.9 Å². The molecule has 0 aromatic heterocycles. The zero-order valence-electron chi connectivity index (χ0n) is 16.7. The fourth-order valence-electron chi connectivity index (χ4n) is 4.46. The number of carboxylic acid groups (broad SMARTS) is 1. The van der Waals surface area contributed by atoms with Gasteiger partial charge >= 0.3 is 6.09 Å². The predicted octanol–water partition coefficient (Wildman–Crippen LogP) is 4.22. The zero-order chi connectivity index (χ0) is 20.0. The van der Waals surface area contributed by atoms with Gasteiger partial charge in [0.1, 0.15) is 17.1 Å². The Labute approximate surface area is 160 Å². The SMILES string of the molecule is CC(C)Oc1ccc2c(c1)C(=O)C(C(C)(C)C)C1(CCN(C(=O)O)CC1)O2. The van der Waals surface area contributed by atoms with Gasteiger partial charge in [-0.15, -0.1) is 0 Å². The van der Waals surface area contributed by atoms with Crippen molar-refractivity contribution in [2.24, 2.45) is 11.3 Å². The van der Waals surface area contributed by atoms with Crippen molar-refractivity contribution in [3.8, 4) is 11.5 Å². The molecule has 1 N–H and O–H groups in total. The van der Waals surface area contributed by atoms with Gasteiger partial charge in [0, 0.05) is 25.9 Å². The van der Waals surface area contributed by atoms with Crippen LogP contribution in [0.15, 0.2) is 18.2 Å². The Bertz CT molecular complexity index is 741. The summed E-state index contributed by atoms with van der Waals surface area (Å²) in [6.45, 7) is 10.8. The molecule has 6 heteroatoms. The second kappa shape index (κ2) is 6.73. The molecule has 3 rings (SSSR count). The van der Waals surface area contributed by atoms with Crippen LogP contribution < -0.4 is 9.47 Å². The molecule has 1 saturated heterocycles. The minimum absolute atomic E-state index is 0.0211. The molecule has 6 nitrogen and oxygen atoms in total. The van der Waals surface area contributed by atoms with Gasteiger partial charge in [0.2, 0.25) is 0 Å². The van der Waals surface area contributed by atoms with Crippen LogP contribution in [0.2, 0.25) is 0 Å². The van der Waals surface area contributed by atoms with E-state index in [1.807, 2.05) is 40.7 Å². The van der Waals surface area contributed by atoms with Crippen LogP contribution in [0.4, 0.5) is 4.79 Å². The molecule has 1 unspecified atom stereocenters. The molecule has 1 amide bonds. The maximum absolute atomic E-state index is 13.5. The zero-order valence-corrected chi connectivity index (χ0v) is 16.7. The molecule has 0 bridgehead atoms. The van der Waals surface area contributed by atoms with Gasteiger partial charge in [0.25, 0.3) is 0 Å². The van der Waals surface area contributed by atoms with E-state index in [9.17, 15) is 14.7 Å². The number of Topliss-reactive ketones (excluding diaryl/α,β-unsaturated/α-hetero) is 1. The average Bonchev–Trinajstić information content (AvgIpc) is 2.54. The van der Waals surface area contributed by atoms with E-state index in [0.29, 0.717) is 43.0 Å². The molecular weight excluding hydrogens is 346 g/mol. The minimum Gasteiger partial charge on any atom is -0.491 e. The van der Waals surface area contributed by atoms with E-state index in [0.717, 1.165) is 0 Å². The minimum atomic E-state index is -0.921. The van der Waals surface area contributed by atoms with E-state index < -0.39 is 11.7 Å². The van der Waals surface area contributed by atoms with Crippen LogP contribution in [0.25, 0.3) is 0 Å². The predicted molar refractivity (Wildman–Crippen MR) is 102 cm³/mol. The Morgan fingerprint density at radius 1 is 1.30 bits per heavy atom. The van der Waals surface area contributed by atoms with Crippen LogP contribution in [0.5, 0.6) is 11.5 Å². The van der Waals surface area contributed by atoms with E-state index in [1.165, 1.54) is 4.90 Å². The molecule has 0 aliphatic carbocycles. The fraction of sp³-hybridized carbons (Fsp3) is 0.619. The van der Waals surface area contributed by atoms with Gasteiger partial charge in [-0.1, -0.05) is 20.8 Å². The Balaban J connectivity index is 1.99. The summed E-state index contributed by atoms with van der Waals surface area (Å²) in [6, 6.07) is 5.40. The third-order valence-electron chi connectivity index (χ3n) is 5.44. The number of carbonyl (C=O) groups is 2. The smallest absolute Gasteiger partial charge is 0.407 e. The summed E-state index contributed by atoms with van der Waals surface area (Å²) in [6.07, 6.45) is 0.121. The summed E-state index contributed by atoms with van der Waals surface area (Å²) in [5.74, 6) is 0.940. The van der Waals surface area contributed by atoms with Gasteiger partial charge in [0.15, 0.2) is 5.78 Å². The number of ether oxygens (including phenoxy) is 2. The highest BCUT2D eigenvalue weighted by molar-refractivity contribution is 6.03. The van der Waals surface area contributed by atoms with Crippen LogP contribution >= 0.6 is 0 Å². The monoisotopic (exact) mass is 375 g/mol. The quantitative estimate of drug-likeness (QED) is 0.837. The molecule has 2 aliphatic heterocycles. The first-order valence-corrected chi connectivity index (χ1v) is 9.55. The lowest BCUT2D eigenvalue weighted by atomic mass is 9.62. The van der Waals surface area contributed by atoms with Crippen molar-refractivity contribution < 1.29 is 24.2 Å². The number of amides is 1. The first-order chi connectivity index (χ1) is 12.5. The number of carbonyl (C=O) groups excluding carboxylic acids is 1. The van der Waals surface area contributed by atoms with E-state index in [1.54, 1.807) is 12.1 Å². The maximum Gasteiger partial charge on any atom is 0.407 e. The highest BCUT2D eigenvalue weighted by atomic mass is 16.5. The fourth-order valence-corrected chi connectivity index (χ4v) is 4.46. The Kier molecular flexibility index (Phi) is 4.87. The summed E-state index contributed by atoms with van der Waals surface area (Å²) in [4.78, 5) is 26.2. The van der Waals surface area contributed by atoms with E-state index in [2.05, 4.69) is 0 Å². The second-order valence-electron chi connectivity index (χ2n) is 8.92. The summed E-state index contributed by atoms with van der Waals surface area (Å²) < 4.78 is 12.2. The molecule has 2 aliphatic rings. The molecule has 27 heavy (non-hydrogen) atoms. The van der Waals surface area contributed by atoms with E-state index in [4.69, 9.17) is 9.47 Å². The lowest BCUT2D eigenvalue weighted by Gasteiger charge is -2.51. The van der Waals surface area contributed by atoms with Crippen molar-refractivity contribution in [1.82, 2.24) is 4.90 Å². The summed E-state index contributed by atoms with van der Waals surface area (Å²) in [7, 11) is 0. The van der Waals surface area contributed by atoms with E-state index >= 15 is 0 Å². The average molecular weight is 375 g/mol. The number of hydrogen-bond acceptors (Lipinski definition) is 4. The van der Waals surface area contributed by atoms with Gasteiger partial charge in [-0.3, -0.25) is 4.79 Å². The first kappa shape index (κ1) is 19.5. The van der Waals surface area contributed by atoms with Gasteiger partial charge in [0.05, 0.1) is 17.6 Å². The third-order valence-corrected chi connectivity index (χ3v) is 5.44. The number of piperidine rings is 1. The van der Waals surface area contributed by atoms with Crippen LogP contribution in [-0.4, -0.2) is 46.7 Å².